The van der Waals surface area contributed by atoms with Gasteiger partial charge < -0.3 is 9.47 Å². The van der Waals surface area contributed by atoms with E-state index in [1.54, 1.807) is 13.8 Å². The van der Waals surface area contributed by atoms with Gasteiger partial charge in [0.05, 0.1) is 13.2 Å². The zero-order valence-corrected chi connectivity index (χ0v) is 13.3. The predicted octanol–water partition coefficient (Wildman–Crippen LogP) is 0.783. The Kier molecular flexibility index (Phi) is 6.41. The molecule has 0 atom stereocenters. The molecule has 0 radical (unpaired) electrons. The highest BCUT2D eigenvalue weighted by Crippen LogP contribution is 2.25. The van der Waals surface area contributed by atoms with E-state index in [0.29, 0.717) is 12.8 Å². The largest absolute Gasteiger partial charge is 0.468 e. The maximum atomic E-state index is 12.3. The third-order valence-corrected chi connectivity index (χ3v) is 4.58. The number of hydrogen-bond acceptors (Lipinski definition) is 6. The van der Waals surface area contributed by atoms with E-state index in [1.807, 2.05) is 4.72 Å². The van der Waals surface area contributed by atoms with Gasteiger partial charge >= 0.3 is 22.3 Å². The third kappa shape index (κ3) is 5.50. The maximum absolute atomic E-state index is 12.3. The average molecular weight is 322 g/mol. The molecule has 0 heterocycles. The molecule has 21 heavy (non-hydrogen) atoms. The highest BCUT2D eigenvalue weighted by atomic mass is 32.2. The van der Waals surface area contributed by atoms with Crippen molar-refractivity contribution in [2.24, 2.45) is 0 Å². The Morgan fingerprint density at radius 1 is 1.29 bits per heavy atom. The number of rotatable bonds is 6. The Bertz CT molecular complexity index is 470. The molecule has 0 aromatic rings. The Labute approximate surface area is 125 Å². The molecule has 1 aliphatic rings. The van der Waals surface area contributed by atoms with Gasteiger partial charge in [-0.15, -0.1) is 0 Å². The lowest BCUT2D eigenvalue weighted by Crippen LogP contribution is -2.50. The van der Waals surface area contributed by atoms with Gasteiger partial charge in [-0.3, -0.25) is 4.79 Å². The first-order valence-corrected chi connectivity index (χ1v) is 8.27. The number of nitrogens with one attached hydrogen (secondary N) is 1. The molecule has 1 N–H and O–H groups in total. The lowest BCUT2D eigenvalue weighted by atomic mass is 10.2. The molecule has 9 heteroatoms. The number of hydrogen-bond donors (Lipinski definition) is 1. The van der Waals surface area contributed by atoms with Crippen molar-refractivity contribution in [3.63, 3.8) is 0 Å². The van der Waals surface area contributed by atoms with Gasteiger partial charge in [0.15, 0.2) is 0 Å². The summed E-state index contributed by atoms with van der Waals surface area (Å²) < 4.78 is 36.6. The highest BCUT2D eigenvalue weighted by molar-refractivity contribution is 7.87. The zero-order chi connectivity index (χ0) is 16.0. The van der Waals surface area contributed by atoms with Crippen molar-refractivity contribution in [2.45, 2.75) is 51.7 Å². The molecule has 1 amide bonds. The fourth-order valence-electron chi connectivity index (χ4n) is 2.20. The van der Waals surface area contributed by atoms with E-state index in [1.165, 1.54) is 7.11 Å². The van der Waals surface area contributed by atoms with Crippen LogP contribution in [-0.2, 0) is 24.5 Å². The van der Waals surface area contributed by atoms with E-state index in [4.69, 9.17) is 4.74 Å². The molecule has 0 aromatic carbocycles. The van der Waals surface area contributed by atoms with Crippen LogP contribution in [0.5, 0.6) is 0 Å². The van der Waals surface area contributed by atoms with Gasteiger partial charge in [-0.05, 0) is 26.7 Å². The second-order valence-electron chi connectivity index (χ2n) is 5.12. The molecule has 1 aliphatic carbocycles. The van der Waals surface area contributed by atoms with Crippen molar-refractivity contribution in [1.29, 1.82) is 0 Å². The summed E-state index contributed by atoms with van der Waals surface area (Å²) in [6.07, 6.45) is 1.57. The van der Waals surface area contributed by atoms with E-state index in [0.717, 1.165) is 17.1 Å². The Morgan fingerprint density at radius 2 is 1.86 bits per heavy atom. The van der Waals surface area contributed by atoms with E-state index in [2.05, 4.69) is 4.74 Å². The molecule has 1 fully saturated rings. The SMILES string of the molecule is COC(=O)CN(C1CCCC1)S(=O)(=O)NC(=O)OC(C)C. The molecule has 0 spiro atoms. The van der Waals surface area contributed by atoms with Gasteiger partial charge in [-0.1, -0.05) is 12.8 Å². The number of carbonyl (C=O) groups excluding carboxylic acids is 2. The third-order valence-electron chi connectivity index (χ3n) is 3.11. The summed E-state index contributed by atoms with van der Waals surface area (Å²) in [4.78, 5) is 22.9. The molecule has 0 bridgehead atoms. The minimum absolute atomic E-state index is 0.312. The van der Waals surface area contributed by atoms with Gasteiger partial charge in [0.25, 0.3) is 0 Å². The van der Waals surface area contributed by atoms with E-state index in [9.17, 15) is 18.0 Å². The van der Waals surface area contributed by atoms with Crippen LogP contribution in [-0.4, -0.2) is 50.6 Å². The zero-order valence-electron chi connectivity index (χ0n) is 12.5. The van der Waals surface area contributed by atoms with Crippen LogP contribution in [0.2, 0.25) is 0 Å². The predicted molar refractivity (Wildman–Crippen MR) is 74.7 cm³/mol. The quantitative estimate of drug-likeness (QED) is 0.725. The summed E-state index contributed by atoms with van der Waals surface area (Å²) >= 11 is 0. The lowest BCUT2D eigenvalue weighted by molar-refractivity contribution is -0.141. The normalized spacial score (nSPS) is 16.2. The lowest BCUT2D eigenvalue weighted by Gasteiger charge is -2.26. The first-order chi connectivity index (χ1) is 9.76. The number of ether oxygens (including phenoxy) is 2. The summed E-state index contributed by atoms with van der Waals surface area (Å²) in [5.41, 5.74) is 0. The standard InChI is InChI=1S/C12H22N2O6S/c1-9(2)20-12(16)13-21(17,18)14(8-11(15)19-3)10-6-4-5-7-10/h9-10H,4-8H2,1-3H3,(H,13,16). The number of esters is 1. The minimum atomic E-state index is -4.15. The molecular weight excluding hydrogens is 300 g/mol. The Balaban J connectivity index is 2.83. The summed E-state index contributed by atoms with van der Waals surface area (Å²) in [6, 6.07) is -0.312. The molecule has 1 saturated carbocycles. The van der Waals surface area contributed by atoms with Crippen molar-refractivity contribution in [3.8, 4) is 0 Å². The second-order valence-corrected chi connectivity index (χ2v) is 6.74. The molecule has 0 unspecified atom stereocenters. The van der Waals surface area contributed by atoms with Crippen molar-refractivity contribution in [3.05, 3.63) is 0 Å². The topological polar surface area (TPSA) is 102 Å². The van der Waals surface area contributed by atoms with Crippen LogP contribution in [0.3, 0.4) is 0 Å². The van der Waals surface area contributed by atoms with Crippen LogP contribution >= 0.6 is 0 Å². The molecule has 1 rings (SSSR count). The summed E-state index contributed by atoms with van der Waals surface area (Å²) in [6.45, 7) is 2.79. The van der Waals surface area contributed by atoms with Crippen molar-refractivity contribution in [1.82, 2.24) is 9.03 Å². The number of carbonyl (C=O) groups is 2. The molecular formula is C12H22N2O6S. The van der Waals surface area contributed by atoms with E-state index < -0.39 is 34.9 Å². The molecule has 0 aromatic heterocycles. The number of amides is 1. The van der Waals surface area contributed by atoms with Crippen LogP contribution < -0.4 is 4.72 Å². The second kappa shape index (κ2) is 7.60. The maximum Gasteiger partial charge on any atom is 0.422 e. The fourth-order valence-corrected chi connectivity index (χ4v) is 3.45. The van der Waals surface area contributed by atoms with Crippen LogP contribution in [0.4, 0.5) is 4.79 Å². The first-order valence-electron chi connectivity index (χ1n) is 6.83. The van der Waals surface area contributed by atoms with Gasteiger partial charge in [0.2, 0.25) is 0 Å². The summed E-state index contributed by atoms with van der Waals surface area (Å²) in [7, 11) is -2.97. The average Bonchev–Trinajstić information content (AvgIpc) is 2.86. The van der Waals surface area contributed by atoms with Crippen molar-refractivity contribution < 1.29 is 27.5 Å². The van der Waals surface area contributed by atoms with Crippen LogP contribution in [0, 0.1) is 0 Å². The van der Waals surface area contributed by atoms with Crippen molar-refractivity contribution >= 4 is 22.3 Å². The molecule has 122 valence electrons. The Morgan fingerprint density at radius 3 is 2.33 bits per heavy atom. The fraction of sp³-hybridized carbons (Fsp3) is 0.833. The van der Waals surface area contributed by atoms with E-state index in [-0.39, 0.29) is 6.04 Å². The number of methoxy groups -OCH3 is 1. The van der Waals surface area contributed by atoms with Gasteiger partial charge in [-0.25, -0.2) is 9.52 Å². The Hall–Kier alpha value is -1.35. The van der Waals surface area contributed by atoms with Crippen molar-refractivity contribution in [2.75, 3.05) is 13.7 Å². The molecule has 0 aliphatic heterocycles. The first kappa shape index (κ1) is 17.7. The molecule has 8 nitrogen and oxygen atoms in total. The van der Waals surface area contributed by atoms with Crippen LogP contribution in [0.25, 0.3) is 0 Å². The summed E-state index contributed by atoms with van der Waals surface area (Å²) in [5, 5.41) is 0. The van der Waals surface area contributed by atoms with Crippen LogP contribution in [0.15, 0.2) is 0 Å². The monoisotopic (exact) mass is 322 g/mol. The summed E-state index contributed by atoms with van der Waals surface area (Å²) in [5.74, 6) is -0.676. The van der Waals surface area contributed by atoms with E-state index >= 15 is 0 Å². The van der Waals surface area contributed by atoms with Gasteiger partial charge in [0, 0.05) is 6.04 Å². The molecule has 0 saturated heterocycles. The number of nitrogens with zero attached hydrogens (tertiary/aromatic N) is 1. The smallest absolute Gasteiger partial charge is 0.422 e. The highest BCUT2D eigenvalue weighted by Gasteiger charge is 2.35. The minimum Gasteiger partial charge on any atom is -0.468 e. The van der Waals surface area contributed by atoms with Gasteiger partial charge in [-0.2, -0.15) is 12.7 Å². The van der Waals surface area contributed by atoms with Crippen LogP contribution in [0.1, 0.15) is 39.5 Å². The van der Waals surface area contributed by atoms with Gasteiger partial charge in [0.1, 0.15) is 6.54 Å².